The van der Waals surface area contributed by atoms with Crippen LogP contribution in [0.4, 0.5) is 0 Å². The van der Waals surface area contributed by atoms with E-state index in [1.165, 1.54) is 18.3 Å². The minimum absolute atomic E-state index is 0.155. The molecule has 0 aromatic heterocycles. The summed E-state index contributed by atoms with van der Waals surface area (Å²) in [4.78, 5) is 13.5. The number of ketones is 1. The first-order valence-corrected chi connectivity index (χ1v) is 8.17. The molecule has 0 atom stereocenters. The van der Waals surface area contributed by atoms with E-state index < -0.39 is 10.0 Å². The molecule has 0 saturated carbocycles. The lowest BCUT2D eigenvalue weighted by Gasteiger charge is -2.25. The lowest BCUT2D eigenvalue weighted by atomic mass is 10.1. The number of nitrogens with zero attached hydrogens (tertiary/aromatic N) is 1. The lowest BCUT2D eigenvalue weighted by molar-refractivity contribution is 0.104. The number of rotatable bonds is 3. The molecule has 8 heteroatoms. The van der Waals surface area contributed by atoms with Crippen molar-refractivity contribution in [3.05, 3.63) is 46.1 Å². The average Bonchev–Trinajstić information content (AvgIpc) is 2.38. The van der Waals surface area contributed by atoms with Gasteiger partial charge >= 0.3 is 0 Å². The topological polar surface area (TPSA) is 66.5 Å². The molecule has 0 spiro atoms. The highest BCUT2D eigenvalue weighted by Gasteiger charge is 2.19. The first kappa shape index (κ1) is 15.3. The van der Waals surface area contributed by atoms with Crippen LogP contribution >= 0.6 is 23.2 Å². The summed E-state index contributed by atoms with van der Waals surface area (Å²) in [6.45, 7) is 0.845. The largest absolute Gasteiger partial charge is 0.361 e. The fourth-order valence-corrected chi connectivity index (χ4v) is 3.15. The summed E-state index contributed by atoms with van der Waals surface area (Å²) >= 11 is 11.6. The third-order valence-corrected chi connectivity index (χ3v) is 4.75. The summed E-state index contributed by atoms with van der Waals surface area (Å²) in [6.07, 6.45) is 2.80. The monoisotopic (exact) mass is 334 g/mol. The Morgan fingerprint density at radius 3 is 2.70 bits per heavy atom. The second-order valence-electron chi connectivity index (χ2n) is 4.26. The third-order valence-electron chi connectivity index (χ3n) is 2.70. The van der Waals surface area contributed by atoms with Crippen LogP contribution in [0.3, 0.4) is 0 Å². The predicted octanol–water partition coefficient (Wildman–Crippen LogP) is 1.88. The zero-order chi connectivity index (χ0) is 14.8. The summed E-state index contributed by atoms with van der Waals surface area (Å²) in [5, 5.41) is 0.677. The summed E-state index contributed by atoms with van der Waals surface area (Å²) in [5.74, 6) is -0.419. The molecular formula is C12H12Cl2N2O3S. The number of sulfonamides is 1. The second-order valence-corrected chi connectivity index (χ2v) is 6.85. The molecule has 0 unspecified atom stereocenters. The zero-order valence-electron chi connectivity index (χ0n) is 10.3. The van der Waals surface area contributed by atoms with E-state index in [1.54, 1.807) is 17.0 Å². The van der Waals surface area contributed by atoms with Gasteiger partial charge in [-0.3, -0.25) is 4.79 Å². The molecule has 1 fully saturated rings. The highest BCUT2D eigenvalue weighted by Crippen LogP contribution is 2.22. The van der Waals surface area contributed by atoms with Gasteiger partial charge in [-0.15, -0.1) is 0 Å². The Bertz CT molecular complexity index is 659. The van der Waals surface area contributed by atoms with Gasteiger partial charge in [0.25, 0.3) is 0 Å². The van der Waals surface area contributed by atoms with E-state index in [0.29, 0.717) is 28.7 Å². The Morgan fingerprint density at radius 2 is 2.05 bits per heavy atom. The van der Waals surface area contributed by atoms with Crippen LogP contribution in [0.2, 0.25) is 10.0 Å². The number of benzene rings is 1. The number of hydrogen-bond acceptors (Lipinski definition) is 4. The summed E-state index contributed by atoms with van der Waals surface area (Å²) in [6, 6.07) is 4.58. The van der Waals surface area contributed by atoms with Crippen LogP contribution in [-0.4, -0.2) is 38.1 Å². The number of halogens is 2. The van der Waals surface area contributed by atoms with Crippen molar-refractivity contribution in [1.29, 1.82) is 0 Å². The summed E-state index contributed by atoms with van der Waals surface area (Å²) < 4.78 is 25.1. The molecule has 1 aliphatic rings. The van der Waals surface area contributed by atoms with Crippen molar-refractivity contribution in [3.8, 4) is 0 Å². The molecule has 1 saturated heterocycles. The average molecular weight is 335 g/mol. The maximum Gasteiger partial charge on any atom is 0.229 e. The van der Waals surface area contributed by atoms with E-state index in [1.807, 2.05) is 0 Å². The fraction of sp³-hybridized carbons (Fsp3) is 0.250. The Morgan fingerprint density at radius 1 is 1.30 bits per heavy atom. The molecule has 0 amide bonds. The number of carbonyl (C=O) groups is 1. The number of allylic oxidation sites excluding steroid dienone is 1. The molecule has 20 heavy (non-hydrogen) atoms. The van der Waals surface area contributed by atoms with E-state index in [9.17, 15) is 13.2 Å². The van der Waals surface area contributed by atoms with Crippen LogP contribution in [0, 0.1) is 0 Å². The van der Waals surface area contributed by atoms with Crippen molar-refractivity contribution in [2.75, 3.05) is 19.0 Å². The van der Waals surface area contributed by atoms with Crippen molar-refractivity contribution in [1.82, 2.24) is 9.62 Å². The quantitative estimate of drug-likeness (QED) is 0.677. The van der Waals surface area contributed by atoms with Gasteiger partial charge in [0, 0.05) is 30.9 Å². The van der Waals surface area contributed by atoms with Gasteiger partial charge in [0.1, 0.15) is 5.88 Å². The Kier molecular flexibility index (Phi) is 4.70. The van der Waals surface area contributed by atoms with Crippen molar-refractivity contribution in [3.63, 3.8) is 0 Å². The Hall–Kier alpha value is -1.08. The van der Waals surface area contributed by atoms with Crippen LogP contribution in [-0.2, 0) is 10.0 Å². The first-order chi connectivity index (χ1) is 9.37. The van der Waals surface area contributed by atoms with E-state index >= 15 is 0 Å². The maximum absolute atomic E-state index is 11.9. The zero-order valence-corrected chi connectivity index (χ0v) is 12.7. The van der Waals surface area contributed by atoms with Gasteiger partial charge in [-0.1, -0.05) is 23.2 Å². The summed E-state index contributed by atoms with van der Waals surface area (Å²) in [5.41, 5.74) is 0.397. The van der Waals surface area contributed by atoms with Crippen molar-refractivity contribution in [2.45, 2.75) is 0 Å². The van der Waals surface area contributed by atoms with Crippen LogP contribution < -0.4 is 4.72 Å². The standard InChI is InChI=1S/C12H12Cl2N2O3S/c13-10-2-1-9(7-11(10)14)12(17)3-5-16-6-4-15-20(18,19)8-16/h1-3,5,7,15H,4,6,8H2. The van der Waals surface area contributed by atoms with Gasteiger partial charge in [0.15, 0.2) is 5.78 Å². The molecule has 108 valence electrons. The van der Waals surface area contributed by atoms with Crippen molar-refractivity contribution in [2.24, 2.45) is 0 Å². The number of hydrogen-bond donors (Lipinski definition) is 1. The smallest absolute Gasteiger partial charge is 0.229 e. The normalized spacial score (nSPS) is 18.4. The number of nitrogens with one attached hydrogen (secondary N) is 1. The first-order valence-electron chi connectivity index (χ1n) is 5.76. The Labute approximate surface area is 127 Å². The van der Waals surface area contributed by atoms with Crippen LogP contribution in [0.25, 0.3) is 0 Å². The minimum Gasteiger partial charge on any atom is -0.361 e. The van der Waals surface area contributed by atoms with E-state index in [0.717, 1.165) is 0 Å². The van der Waals surface area contributed by atoms with Crippen LogP contribution in [0.15, 0.2) is 30.5 Å². The molecule has 1 aliphatic heterocycles. The van der Waals surface area contributed by atoms with Gasteiger partial charge in [-0.05, 0) is 18.2 Å². The molecule has 1 aromatic carbocycles. The van der Waals surface area contributed by atoms with E-state index in [4.69, 9.17) is 23.2 Å². The van der Waals surface area contributed by atoms with Crippen molar-refractivity contribution >= 4 is 39.0 Å². The maximum atomic E-state index is 11.9. The van der Waals surface area contributed by atoms with Gasteiger partial charge in [0.2, 0.25) is 10.0 Å². The Balaban J connectivity index is 2.07. The molecular weight excluding hydrogens is 323 g/mol. The molecule has 2 rings (SSSR count). The van der Waals surface area contributed by atoms with Crippen LogP contribution in [0.1, 0.15) is 10.4 Å². The van der Waals surface area contributed by atoms with Gasteiger partial charge in [0.05, 0.1) is 10.0 Å². The number of carbonyl (C=O) groups excluding carboxylic acids is 1. The van der Waals surface area contributed by atoms with E-state index in [-0.39, 0.29) is 11.7 Å². The summed E-state index contributed by atoms with van der Waals surface area (Å²) in [7, 11) is -3.28. The SMILES string of the molecule is O=C(C=CN1CCNS(=O)(=O)C1)c1ccc(Cl)c(Cl)c1. The highest BCUT2D eigenvalue weighted by atomic mass is 35.5. The second kappa shape index (κ2) is 6.13. The third kappa shape index (κ3) is 3.96. The van der Waals surface area contributed by atoms with Crippen LogP contribution in [0.5, 0.6) is 0 Å². The van der Waals surface area contributed by atoms with Gasteiger partial charge in [-0.25, -0.2) is 13.1 Å². The van der Waals surface area contributed by atoms with Crippen molar-refractivity contribution < 1.29 is 13.2 Å². The van der Waals surface area contributed by atoms with E-state index in [2.05, 4.69) is 4.72 Å². The molecule has 1 heterocycles. The van der Waals surface area contributed by atoms with Gasteiger partial charge < -0.3 is 4.90 Å². The molecule has 1 aromatic rings. The minimum atomic E-state index is -3.28. The fourth-order valence-electron chi connectivity index (χ4n) is 1.71. The molecule has 0 bridgehead atoms. The lowest BCUT2D eigenvalue weighted by Crippen LogP contribution is -2.44. The molecule has 5 nitrogen and oxygen atoms in total. The molecule has 0 radical (unpaired) electrons. The predicted molar refractivity (Wildman–Crippen MR) is 78.4 cm³/mol. The molecule has 1 N–H and O–H groups in total. The highest BCUT2D eigenvalue weighted by molar-refractivity contribution is 7.89. The van der Waals surface area contributed by atoms with Gasteiger partial charge in [-0.2, -0.15) is 0 Å². The molecule has 0 aliphatic carbocycles.